The summed E-state index contributed by atoms with van der Waals surface area (Å²) >= 11 is 1.16. The molecule has 1 aliphatic rings. The number of hydrogen-bond donors (Lipinski definition) is 2. The Hall–Kier alpha value is -1.65. The molecule has 10 heteroatoms. The van der Waals surface area contributed by atoms with Crippen LogP contribution in [0.15, 0.2) is 28.3 Å². The molecule has 29 heavy (non-hydrogen) atoms. The van der Waals surface area contributed by atoms with Crippen LogP contribution in [0.3, 0.4) is 0 Å². The highest BCUT2D eigenvalue weighted by molar-refractivity contribution is 8.00. The summed E-state index contributed by atoms with van der Waals surface area (Å²) in [5.74, 6) is -0.143. The van der Waals surface area contributed by atoms with E-state index in [1.165, 1.54) is 16.6 Å². The molecule has 1 saturated heterocycles. The van der Waals surface area contributed by atoms with Gasteiger partial charge in [0.05, 0.1) is 10.3 Å². The van der Waals surface area contributed by atoms with Crippen molar-refractivity contribution >= 4 is 33.7 Å². The van der Waals surface area contributed by atoms with Crippen LogP contribution in [0.1, 0.15) is 46.5 Å². The van der Waals surface area contributed by atoms with Gasteiger partial charge in [-0.05, 0) is 37.8 Å². The average molecular weight is 443 g/mol. The molecular weight excluding hydrogens is 412 g/mol. The third-order valence-electron chi connectivity index (χ3n) is 4.49. The van der Waals surface area contributed by atoms with Crippen LogP contribution in [0.2, 0.25) is 0 Å². The van der Waals surface area contributed by atoms with Crippen LogP contribution in [0.25, 0.3) is 0 Å². The van der Waals surface area contributed by atoms with Gasteiger partial charge in [-0.2, -0.15) is 4.31 Å². The summed E-state index contributed by atoms with van der Waals surface area (Å²) in [4.78, 5) is 28.2. The van der Waals surface area contributed by atoms with E-state index in [4.69, 9.17) is 0 Å². The summed E-state index contributed by atoms with van der Waals surface area (Å²) in [5, 5.41) is 4.89. The second-order valence-corrected chi connectivity index (χ2v) is 10.8. The van der Waals surface area contributed by atoms with Gasteiger partial charge in [-0.25, -0.2) is 18.2 Å². The monoisotopic (exact) mass is 442 g/mol. The molecule has 162 valence electrons. The van der Waals surface area contributed by atoms with E-state index in [1.54, 1.807) is 13.0 Å². The molecule has 2 N–H and O–H groups in total. The van der Waals surface area contributed by atoms with Gasteiger partial charge in [0.1, 0.15) is 4.90 Å². The minimum atomic E-state index is -3.55. The minimum absolute atomic E-state index is 0.161. The molecule has 0 aliphatic carbocycles. The van der Waals surface area contributed by atoms with Crippen molar-refractivity contribution in [2.45, 2.75) is 61.6 Å². The minimum Gasteiger partial charge on any atom is -0.338 e. The van der Waals surface area contributed by atoms with Gasteiger partial charge in [0.15, 0.2) is 0 Å². The van der Waals surface area contributed by atoms with E-state index in [2.05, 4.69) is 15.6 Å². The van der Waals surface area contributed by atoms with Crippen LogP contribution in [-0.4, -0.2) is 54.5 Å². The molecule has 2 rings (SSSR count). The largest absolute Gasteiger partial charge is 0.338 e. The lowest BCUT2D eigenvalue weighted by atomic mass is 10.2. The standard InChI is InChI=1S/C19H30N4O4S2/c1-14(2)12-21-19(25)22-18(24)15(3)28-17-9-8-16(13-20-17)29(26,27)23-10-6-4-5-7-11-23/h8-9,13-15H,4-7,10-12H2,1-3H3,(H2,21,22,24,25). The number of pyridine rings is 1. The number of carbonyl (C=O) groups excluding carboxylic acids is 2. The topological polar surface area (TPSA) is 108 Å². The van der Waals surface area contributed by atoms with E-state index < -0.39 is 27.2 Å². The molecule has 1 unspecified atom stereocenters. The lowest BCUT2D eigenvalue weighted by molar-refractivity contribution is -0.119. The zero-order chi connectivity index (χ0) is 21.4. The first-order valence-corrected chi connectivity index (χ1v) is 12.2. The number of rotatable bonds is 7. The number of nitrogens with one attached hydrogen (secondary N) is 2. The Balaban J connectivity index is 1.94. The van der Waals surface area contributed by atoms with Crippen molar-refractivity contribution in [3.63, 3.8) is 0 Å². The fourth-order valence-electron chi connectivity index (χ4n) is 2.81. The fourth-order valence-corrected chi connectivity index (χ4v) is 5.06. The molecule has 0 bridgehead atoms. The average Bonchev–Trinajstić information content (AvgIpc) is 2.97. The van der Waals surface area contributed by atoms with Crippen LogP contribution in [0, 0.1) is 5.92 Å². The number of urea groups is 1. The number of thioether (sulfide) groups is 1. The first kappa shape index (κ1) is 23.6. The Morgan fingerprint density at radius 1 is 1.14 bits per heavy atom. The third kappa shape index (κ3) is 7.27. The molecule has 1 aromatic rings. The predicted octanol–water partition coefficient (Wildman–Crippen LogP) is 2.61. The molecule has 1 aliphatic heterocycles. The lowest BCUT2D eigenvalue weighted by Crippen LogP contribution is -2.43. The fraction of sp³-hybridized carbons (Fsp3) is 0.632. The Morgan fingerprint density at radius 3 is 2.34 bits per heavy atom. The Kier molecular flexibility index (Phi) is 8.91. The number of imide groups is 1. The molecule has 1 aromatic heterocycles. The van der Waals surface area contributed by atoms with Crippen molar-refractivity contribution in [3.8, 4) is 0 Å². The van der Waals surface area contributed by atoms with Crippen molar-refractivity contribution in [2.24, 2.45) is 5.92 Å². The van der Waals surface area contributed by atoms with Gasteiger partial charge in [0, 0.05) is 25.8 Å². The van der Waals surface area contributed by atoms with Crippen molar-refractivity contribution in [3.05, 3.63) is 18.3 Å². The van der Waals surface area contributed by atoms with Crippen molar-refractivity contribution in [1.29, 1.82) is 0 Å². The van der Waals surface area contributed by atoms with E-state index >= 15 is 0 Å². The molecule has 0 saturated carbocycles. The van der Waals surface area contributed by atoms with Crippen molar-refractivity contribution in [1.82, 2.24) is 19.9 Å². The highest BCUT2D eigenvalue weighted by Gasteiger charge is 2.25. The van der Waals surface area contributed by atoms with E-state index in [0.29, 0.717) is 24.7 Å². The summed E-state index contributed by atoms with van der Waals surface area (Å²) in [6.45, 7) is 7.14. The molecule has 0 radical (unpaired) electrons. The highest BCUT2D eigenvalue weighted by Crippen LogP contribution is 2.24. The molecule has 0 aromatic carbocycles. The van der Waals surface area contributed by atoms with E-state index in [9.17, 15) is 18.0 Å². The zero-order valence-corrected chi connectivity index (χ0v) is 18.8. The maximum absolute atomic E-state index is 12.8. The summed E-state index contributed by atoms with van der Waals surface area (Å²) in [6, 6.07) is 2.59. The summed E-state index contributed by atoms with van der Waals surface area (Å²) in [6.07, 6.45) is 5.18. The predicted molar refractivity (Wildman–Crippen MR) is 113 cm³/mol. The number of hydrogen-bond acceptors (Lipinski definition) is 6. The Morgan fingerprint density at radius 2 is 1.79 bits per heavy atom. The van der Waals surface area contributed by atoms with Gasteiger partial charge in [0.2, 0.25) is 15.9 Å². The molecular formula is C19H30N4O4S2. The summed E-state index contributed by atoms with van der Waals surface area (Å²) < 4.78 is 27.1. The smallest absolute Gasteiger partial charge is 0.321 e. The van der Waals surface area contributed by atoms with Crippen molar-refractivity contribution < 1.29 is 18.0 Å². The second-order valence-electron chi connectivity index (χ2n) is 7.50. The molecule has 2 heterocycles. The van der Waals surface area contributed by atoms with E-state index in [1.807, 2.05) is 13.8 Å². The van der Waals surface area contributed by atoms with Gasteiger partial charge in [0.25, 0.3) is 0 Å². The van der Waals surface area contributed by atoms with Gasteiger partial charge in [-0.3, -0.25) is 10.1 Å². The first-order valence-electron chi connectivity index (χ1n) is 9.91. The summed E-state index contributed by atoms with van der Waals surface area (Å²) in [7, 11) is -3.55. The van der Waals surface area contributed by atoms with Gasteiger partial charge in [-0.1, -0.05) is 38.5 Å². The quantitative estimate of drug-likeness (QED) is 0.629. The highest BCUT2D eigenvalue weighted by atomic mass is 32.2. The number of nitrogens with zero attached hydrogens (tertiary/aromatic N) is 2. The number of amides is 3. The molecule has 3 amide bonds. The van der Waals surface area contributed by atoms with Gasteiger partial charge in [-0.15, -0.1) is 0 Å². The molecule has 1 fully saturated rings. The third-order valence-corrected chi connectivity index (χ3v) is 7.42. The van der Waals surface area contributed by atoms with Gasteiger partial charge >= 0.3 is 6.03 Å². The van der Waals surface area contributed by atoms with Crippen LogP contribution in [0.4, 0.5) is 4.79 Å². The second kappa shape index (κ2) is 10.9. The Labute approximate surface area is 177 Å². The van der Waals surface area contributed by atoms with Crippen LogP contribution in [-0.2, 0) is 14.8 Å². The first-order chi connectivity index (χ1) is 13.7. The maximum atomic E-state index is 12.8. The van der Waals surface area contributed by atoms with Crippen LogP contribution in [0.5, 0.6) is 0 Å². The van der Waals surface area contributed by atoms with Crippen LogP contribution >= 0.6 is 11.8 Å². The van der Waals surface area contributed by atoms with Crippen LogP contribution < -0.4 is 10.6 Å². The number of aromatic nitrogens is 1. The lowest BCUT2D eigenvalue weighted by Gasteiger charge is -2.19. The maximum Gasteiger partial charge on any atom is 0.321 e. The molecule has 1 atom stereocenters. The number of sulfonamides is 1. The van der Waals surface area contributed by atoms with E-state index in [0.717, 1.165) is 37.4 Å². The van der Waals surface area contributed by atoms with E-state index in [-0.39, 0.29) is 10.8 Å². The normalized spacial score (nSPS) is 16.8. The van der Waals surface area contributed by atoms with Gasteiger partial charge < -0.3 is 5.32 Å². The SMILES string of the molecule is CC(C)CNC(=O)NC(=O)C(C)Sc1ccc(S(=O)(=O)N2CCCCCC2)cn1. The van der Waals surface area contributed by atoms with Crippen molar-refractivity contribution in [2.75, 3.05) is 19.6 Å². The Bertz CT molecular complexity index is 789. The number of carbonyl (C=O) groups is 2. The zero-order valence-electron chi connectivity index (χ0n) is 17.2. The molecule has 8 nitrogen and oxygen atoms in total. The summed E-state index contributed by atoms with van der Waals surface area (Å²) in [5.41, 5.74) is 0. The molecule has 0 spiro atoms.